The van der Waals surface area contributed by atoms with E-state index in [4.69, 9.17) is 0 Å². The van der Waals surface area contributed by atoms with Crippen LogP contribution in [-0.4, -0.2) is 5.11 Å². The maximum atomic E-state index is 15.5. The summed E-state index contributed by atoms with van der Waals surface area (Å²) in [5.74, 6) is 0.162. The maximum absolute atomic E-state index is 15.5. The van der Waals surface area contributed by atoms with Gasteiger partial charge in [0, 0.05) is 31.5 Å². The highest BCUT2D eigenvalue weighted by atomic mass is 79.9. The fourth-order valence-electron chi connectivity index (χ4n) is 5.04. The van der Waals surface area contributed by atoms with Crippen molar-refractivity contribution in [1.82, 2.24) is 0 Å². The van der Waals surface area contributed by atoms with Gasteiger partial charge in [0.2, 0.25) is 0 Å². The zero-order valence-corrected chi connectivity index (χ0v) is 21.8. The number of rotatable bonds is 4. The third-order valence-corrected chi connectivity index (χ3v) is 10.3. The minimum Gasteiger partial charge on any atom is -0.507 e. The van der Waals surface area contributed by atoms with E-state index in [2.05, 4.69) is 22.0 Å². The molecule has 6 rings (SSSR count). The van der Waals surface area contributed by atoms with Crippen molar-refractivity contribution in [2.24, 2.45) is 0 Å². The van der Waals surface area contributed by atoms with Gasteiger partial charge in [0.1, 0.15) is 5.75 Å². The minimum atomic E-state index is -3.31. The van der Waals surface area contributed by atoms with Crippen LogP contribution in [0.25, 0.3) is 32.7 Å². The number of benzene rings is 6. The van der Waals surface area contributed by atoms with E-state index >= 15 is 4.57 Å². The predicted molar refractivity (Wildman–Crippen MR) is 156 cm³/mol. The van der Waals surface area contributed by atoms with Gasteiger partial charge in [-0.15, -0.1) is 0 Å². The number of hydrogen-bond donors (Lipinski definition) is 1. The molecule has 0 heterocycles. The molecule has 174 valence electrons. The van der Waals surface area contributed by atoms with Crippen molar-refractivity contribution >= 4 is 60.5 Å². The highest BCUT2D eigenvalue weighted by Crippen LogP contribution is 2.49. The molecule has 0 saturated carbocycles. The first-order chi connectivity index (χ1) is 17.6. The van der Waals surface area contributed by atoms with Gasteiger partial charge in [0.05, 0.1) is 0 Å². The van der Waals surface area contributed by atoms with Crippen molar-refractivity contribution in [2.45, 2.75) is 0 Å². The van der Waals surface area contributed by atoms with Crippen molar-refractivity contribution < 1.29 is 9.67 Å². The quantitative estimate of drug-likeness (QED) is 0.228. The second-order valence-corrected chi connectivity index (χ2v) is 12.4. The van der Waals surface area contributed by atoms with Gasteiger partial charge in [-0.05, 0) is 45.8 Å². The largest absolute Gasteiger partial charge is 0.507 e. The number of phenolic OH excluding ortho intramolecular Hbond substituents is 1. The van der Waals surface area contributed by atoms with Crippen molar-refractivity contribution in [1.29, 1.82) is 0 Å². The number of hydrogen-bond acceptors (Lipinski definition) is 2. The molecular formula is C32H22BrO2P. The Balaban J connectivity index is 1.81. The summed E-state index contributed by atoms with van der Waals surface area (Å²) < 4.78 is 16.4. The average Bonchev–Trinajstić information content (AvgIpc) is 2.93. The van der Waals surface area contributed by atoms with Crippen LogP contribution in [0.15, 0.2) is 132 Å². The van der Waals surface area contributed by atoms with E-state index in [9.17, 15) is 5.11 Å². The third kappa shape index (κ3) is 3.67. The van der Waals surface area contributed by atoms with E-state index in [0.29, 0.717) is 10.9 Å². The van der Waals surface area contributed by atoms with Gasteiger partial charge >= 0.3 is 0 Å². The van der Waals surface area contributed by atoms with Gasteiger partial charge in [0.15, 0.2) is 7.14 Å². The lowest BCUT2D eigenvalue weighted by molar-refractivity contribution is 0.478. The van der Waals surface area contributed by atoms with Gasteiger partial charge in [-0.1, -0.05) is 119 Å². The van der Waals surface area contributed by atoms with Crippen LogP contribution in [0.4, 0.5) is 0 Å². The van der Waals surface area contributed by atoms with Gasteiger partial charge < -0.3 is 9.67 Å². The van der Waals surface area contributed by atoms with Crippen LogP contribution in [0.1, 0.15) is 0 Å². The maximum Gasteiger partial charge on any atom is 0.171 e. The van der Waals surface area contributed by atoms with Crippen LogP contribution in [0, 0.1) is 0 Å². The van der Waals surface area contributed by atoms with Crippen LogP contribution in [-0.2, 0) is 4.57 Å². The molecule has 0 unspecified atom stereocenters. The van der Waals surface area contributed by atoms with Gasteiger partial charge in [-0.2, -0.15) is 0 Å². The Hall–Kier alpha value is -3.65. The van der Waals surface area contributed by atoms with Crippen LogP contribution in [0.5, 0.6) is 5.75 Å². The SMILES string of the molecule is O=P(c1ccccc1)(c1ccccc1)c1ccc2ccccc2c1-c1c(O)ccc2cc(Br)ccc12. The van der Waals surface area contributed by atoms with E-state index in [-0.39, 0.29) is 5.75 Å². The lowest BCUT2D eigenvalue weighted by Gasteiger charge is -2.25. The highest BCUT2D eigenvalue weighted by molar-refractivity contribution is 9.10. The Morgan fingerprint density at radius 1 is 0.556 bits per heavy atom. The van der Waals surface area contributed by atoms with Crippen LogP contribution < -0.4 is 15.9 Å². The summed E-state index contributed by atoms with van der Waals surface area (Å²) >= 11 is 3.57. The molecule has 0 atom stereocenters. The Morgan fingerprint density at radius 2 is 1.14 bits per heavy atom. The Kier molecular flexibility index (Phi) is 5.76. The normalized spacial score (nSPS) is 11.7. The van der Waals surface area contributed by atoms with Gasteiger partial charge in [-0.25, -0.2) is 0 Å². The summed E-state index contributed by atoms with van der Waals surface area (Å²) in [5, 5.41) is 17.4. The van der Waals surface area contributed by atoms with Gasteiger partial charge in [-0.3, -0.25) is 0 Å². The standard InChI is InChI=1S/C32H22BrO2P/c33-24-17-18-28-23(21-24)15-19-29(34)31(28)32-27-14-8-7-9-22(27)16-20-30(32)36(35,25-10-3-1-4-11-25)26-12-5-2-6-13-26/h1-21,34H. The van der Waals surface area contributed by atoms with E-state index < -0.39 is 7.14 Å². The molecule has 0 aliphatic rings. The summed E-state index contributed by atoms with van der Waals surface area (Å²) in [6.45, 7) is 0. The number of aromatic hydroxyl groups is 1. The van der Waals surface area contributed by atoms with Crippen LogP contribution in [0.2, 0.25) is 0 Å². The smallest absolute Gasteiger partial charge is 0.171 e. The molecule has 0 fully saturated rings. The molecule has 0 aliphatic heterocycles. The van der Waals surface area contributed by atoms with Crippen molar-refractivity contribution in [3.8, 4) is 16.9 Å². The summed E-state index contributed by atoms with van der Waals surface area (Å²) in [4.78, 5) is 0. The Labute approximate surface area is 218 Å². The molecule has 0 radical (unpaired) electrons. The summed E-state index contributed by atoms with van der Waals surface area (Å²) in [6, 6.07) is 41.1. The number of halogens is 1. The van der Waals surface area contributed by atoms with E-state index in [1.54, 1.807) is 6.07 Å². The molecular weight excluding hydrogens is 527 g/mol. The fraction of sp³-hybridized carbons (Fsp3) is 0. The molecule has 0 aliphatic carbocycles. The highest BCUT2D eigenvalue weighted by Gasteiger charge is 2.34. The zero-order chi connectivity index (χ0) is 24.7. The molecule has 1 N–H and O–H groups in total. The molecule has 2 nitrogen and oxygen atoms in total. The molecule has 0 amide bonds. The first-order valence-electron chi connectivity index (χ1n) is 11.7. The molecule has 36 heavy (non-hydrogen) atoms. The monoisotopic (exact) mass is 548 g/mol. The average molecular weight is 549 g/mol. The molecule has 0 bridgehead atoms. The second kappa shape index (κ2) is 9.09. The third-order valence-electron chi connectivity index (χ3n) is 6.70. The van der Waals surface area contributed by atoms with E-state index in [1.165, 1.54) is 0 Å². The van der Waals surface area contributed by atoms with Crippen molar-refractivity contribution in [3.63, 3.8) is 0 Å². The lowest BCUT2D eigenvalue weighted by atomic mass is 9.93. The molecule has 6 aromatic rings. The Morgan fingerprint density at radius 3 is 1.83 bits per heavy atom. The first kappa shape index (κ1) is 22.8. The number of phenols is 1. The fourth-order valence-corrected chi connectivity index (χ4v) is 8.29. The summed E-state index contributed by atoms with van der Waals surface area (Å²) in [6.07, 6.45) is 0. The molecule has 6 aromatic carbocycles. The van der Waals surface area contributed by atoms with Gasteiger partial charge in [0.25, 0.3) is 0 Å². The topological polar surface area (TPSA) is 37.3 Å². The van der Waals surface area contributed by atoms with E-state index in [1.807, 2.05) is 115 Å². The zero-order valence-electron chi connectivity index (χ0n) is 19.3. The second-order valence-electron chi connectivity index (χ2n) is 8.79. The molecule has 0 saturated heterocycles. The van der Waals surface area contributed by atoms with Crippen LogP contribution >= 0.6 is 23.1 Å². The Bertz CT molecular complexity index is 1740. The molecule has 4 heteroatoms. The van der Waals surface area contributed by atoms with Crippen molar-refractivity contribution in [3.05, 3.63) is 132 Å². The summed E-state index contributed by atoms with van der Waals surface area (Å²) in [5.41, 5.74) is 1.49. The molecule has 0 spiro atoms. The van der Waals surface area contributed by atoms with Crippen molar-refractivity contribution in [2.75, 3.05) is 0 Å². The lowest BCUT2D eigenvalue weighted by Crippen LogP contribution is -2.26. The van der Waals surface area contributed by atoms with Crippen LogP contribution in [0.3, 0.4) is 0 Å². The molecule has 0 aromatic heterocycles. The predicted octanol–water partition coefficient (Wildman–Crippen LogP) is 7.77. The van der Waals surface area contributed by atoms with E-state index in [0.717, 1.165) is 42.2 Å². The first-order valence-corrected chi connectivity index (χ1v) is 14.2. The number of fused-ring (bicyclic) bond motifs is 2. The minimum absolute atomic E-state index is 0.162. The summed E-state index contributed by atoms with van der Waals surface area (Å²) in [7, 11) is -3.31.